The van der Waals surface area contributed by atoms with Crippen molar-refractivity contribution in [3.8, 4) is 5.75 Å². The molecule has 6 heteroatoms. The van der Waals surface area contributed by atoms with Gasteiger partial charge in [0.1, 0.15) is 11.3 Å². The van der Waals surface area contributed by atoms with Crippen molar-refractivity contribution in [1.82, 2.24) is 5.32 Å². The molecule has 4 rings (SSSR count). The second-order valence-corrected chi connectivity index (χ2v) is 5.80. The van der Waals surface area contributed by atoms with E-state index in [1.165, 1.54) is 12.1 Å². The molecule has 0 saturated heterocycles. The Kier molecular flexibility index (Phi) is 3.06. The molecule has 0 radical (unpaired) electrons. The molecule has 1 aliphatic rings. The molecule has 3 aromatic rings. The smallest absolute Gasteiger partial charge is 0.344 e. The van der Waals surface area contributed by atoms with Gasteiger partial charge in [0.15, 0.2) is 0 Å². The lowest BCUT2D eigenvalue weighted by Gasteiger charge is -2.27. The number of urea groups is 1. The first-order valence-electron chi connectivity index (χ1n) is 7.47. The van der Waals surface area contributed by atoms with E-state index in [1.54, 1.807) is 18.2 Å². The summed E-state index contributed by atoms with van der Waals surface area (Å²) in [5.41, 5.74) is 2.41. The van der Waals surface area contributed by atoms with E-state index in [-0.39, 0.29) is 5.75 Å². The van der Waals surface area contributed by atoms with E-state index in [4.69, 9.17) is 4.42 Å². The third-order valence-electron chi connectivity index (χ3n) is 4.13. The Morgan fingerprint density at radius 3 is 2.58 bits per heavy atom. The topological polar surface area (TPSA) is 91.6 Å². The Morgan fingerprint density at radius 1 is 1.08 bits per heavy atom. The average molecular weight is 322 g/mol. The molecule has 0 spiro atoms. The Labute approximate surface area is 136 Å². The van der Waals surface area contributed by atoms with Crippen LogP contribution in [0.3, 0.4) is 0 Å². The summed E-state index contributed by atoms with van der Waals surface area (Å²) in [7, 11) is 0. The van der Waals surface area contributed by atoms with Gasteiger partial charge in [0.05, 0.1) is 17.3 Å². The summed E-state index contributed by atoms with van der Waals surface area (Å²) >= 11 is 0. The van der Waals surface area contributed by atoms with Crippen molar-refractivity contribution in [1.29, 1.82) is 0 Å². The van der Waals surface area contributed by atoms with Gasteiger partial charge in [-0.3, -0.25) is 0 Å². The van der Waals surface area contributed by atoms with E-state index in [0.29, 0.717) is 27.8 Å². The molecule has 6 nitrogen and oxygen atoms in total. The van der Waals surface area contributed by atoms with Crippen molar-refractivity contribution in [2.24, 2.45) is 0 Å². The van der Waals surface area contributed by atoms with E-state index < -0.39 is 17.7 Å². The number of carbonyl (C=O) groups excluding carboxylic acids is 1. The zero-order valence-corrected chi connectivity index (χ0v) is 12.8. The largest absolute Gasteiger partial charge is 0.508 e. The van der Waals surface area contributed by atoms with Gasteiger partial charge in [-0.25, -0.2) is 9.59 Å². The second-order valence-electron chi connectivity index (χ2n) is 5.80. The van der Waals surface area contributed by atoms with Gasteiger partial charge < -0.3 is 20.2 Å². The molecule has 0 fully saturated rings. The fourth-order valence-corrected chi connectivity index (χ4v) is 3.00. The fourth-order valence-electron chi connectivity index (χ4n) is 3.00. The zero-order chi connectivity index (χ0) is 16.8. The van der Waals surface area contributed by atoms with Crippen LogP contribution in [0.2, 0.25) is 0 Å². The molecule has 1 aliphatic heterocycles. The Morgan fingerprint density at radius 2 is 1.83 bits per heavy atom. The highest BCUT2D eigenvalue weighted by Gasteiger charge is 2.31. The summed E-state index contributed by atoms with van der Waals surface area (Å²) in [6, 6.07) is 10.7. The van der Waals surface area contributed by atoms with Crippen LogP contribution < -0.4 is 16.3 Å². The van der Waals surface area contributed by atoms with E-state index in [2.05, 4.69) is 10.6 Å². The number of phenols is 1. The molecule has 2 amide bonds. The molecule has 0 saturated carbocycles. The lowest BCUT2D eigenvalue weighted by Crippen LogP contribution is -2.41. The van der Waals surface area contributed by atoms with Gasteiger partial charge in [-0.05, 0) is 36.8 Å². The number of phenolic OH excluding ortho intramolecular Hbond substituents is 1. The standard InChI is InChI=1S/C18H14N2O4/c1-9-2-7-13-12(8-9)16-14(17(22)24-13)15(19-18(23)20-16)10-3-5-11(21)6-4-10/h2-8,15,21H,1H3,(H2,19,20,23). The first kappa shape index (κ1) is 14.3. The minimum Gasteiger partial charge on any atom is -0.508 e. The van der Waals surface area contributed by atoms with Crippen LogP contribution in [0.4, 0.5) is 10.5 Å². The van der Waals surface area contributed by atoms with Gasteiger partial charge >= 0.3 is 11.7 Å². The zero-order valence-electron chi connectivity index (χ0n) is 12.8. The third-order valence-corrected chi connectivity index (χ3v) is 4.13. The molecule has 3 N–H and O–H groups in total. The van der Waals surface area contributed by atoms with Gasteiger partial charge in [0.2, 0.25) is 0 Å². The summed E-state index contributed by atoms with van der Waals surface area (Å²) < 4.78 is 5.43. The van der Waals surface area contributed by atoms with E-state index in [9.17, 15) is 14.7 Å². The van der Waals surface area contributed by atoms with Gasteiger partial charge in [-0.15, -0.1) is 0 Å². The highest BCUT2D eigenvalue weighted by molar-refractivity contribution is 6.03. The summed E-state index contributed by atoms with van der Waals surface area (Å²) in [4.78, 5) is 24.6. The first-order chi connectivity index (χ1) is 11.5. The quantitative estimate of drug-likeness (QED) is 0.601. The average Bonchev–Trinajstić information content (AvgIpc) is 2.55. The van der Waals surface area contributed by atoms with Gasteiger partial charge in [-0.1, -0.05) is 23.8 Å². The number of benzene rings is 2. The summed E-state index contributed by atoms with van der Waals surface area (Å²) in [5, 5.41) is 15.6. The van der Waals surface area contributed by atoms with Crippen molar-refractivity contribution < 1.29 is 14.3 Å². The number of hydrogen-bond donors (Lipinski definition) is 3. The van der Waals surface area contributed by atoms with E-state index >= 15 is 0 Å². The van der Waals surface area contributed by atoms with Crippen LogP contribution in [0.1, 0.15) is 22.7 Å². The van der Waals surface area contributed by atoms with E-state index in [1.807, 2.05) is 19.1 Å². The Hall–Kier alpha value is -3.28. The van der Waals surface area contributed by atoms with Crippen molar-refractivity contribution in [3.05, 3.63) is 69.6 Å². The van der Waals surface area contributed by atoms with Gasteiger partial charge in [0.25, 0.3) is 0 Å². The predicted molar refractivity (Wildman–Crippen MR) is 89.3 cm³/mol. The predicted octanol–water partition coefficient (Wildman–Crippen LogP) is 3.03. The number of nitrogens with one attached hydrogen (secondary N) is 2. The maximum absolute atomic E-state index is 12.5. The highest BCUT2D eigenvalue weighted by atomic mass is 16.4. The van der Waals surface area contributed by atoms with Crippen LogP contribution in [-0.2, 0) is 0 Å². The number of fused-ring (bicyclic) bond motifs is 3. The SMILES string of the molecule is Cc1ccc2oc(=O)c3c(c2c1)NC(=O)NC3c1ccc(O)cc1. The van der Waals surface area contributed by atoms with Crippen molar-refractivity contribution in [3.63, 3.8) is 0 Å². The third kappa shape index (κ3) is 2.20. The van der Waals surface area contributed by atoms with Gasteiger partial charge in [0, 0.05) is 5.39 Å². The minimum absolute atomic E-state index is 0.111. The molecule has 24 heavy (non-hydrogen) atoms. The molecule has 1 unspecified atom stereocenters. The van der Waals surface area contributed by atoms with E-state index in [0.717, 1.165) is 5.56 Å². The number of aromatic hydroxyl groups is 1. The fraction of sp³-hybridized carbons (Fsp3) is 0.111. The molecular formula is C18H14N2O4. The summed E-state index contributed by atoms with van der Waals surface area (Å²) in [5.74, 6) is 0.111. The number of amides is 2. The lowest BCUT2D eigenvalue weighted by molar-refractivity contribution is 0.248. The summed E-state index contributed by atoms with van der Waals surface area (Å²) in [6.07, 6.45) is 0. The minimum atomic E-state index is -0.643. The normalized spacial score (nSPS) is 16.4. The maximum Gasteiger partial charge on any atom is 0.344 e. The molecule has 1 atom stereocenters. The van der Waals surface area contributed by atoms with Crippen LogP contribution in [0.5, 0.6) is 5.75 Å². The van der Waals surface area contributed by atoms with Crippen molar-refractivity contribution in [2.75, 3.05) is 5.32 Å². The molecular weight excluding hydrogens is 308 g/mol. The van der Waals surface area contributed by atoms with Crippen LogP contribution in [0.15, 0.2) is 51.7 Å². The van der Waals surface area contributed by atoms with Crippen LogP contribution in [0.25, 0.3) is 11.0 Å². The molecule has 1 aromatic heterocycles. The van der Waals surface area contributed by atoms with Crippen LogP contribution in [-0.4, -0.2) is 11.1 Å². The number of rotatable bonds is 1. The van der Waals surface area contributed by atoms with Crippen LogP contribution >= 0.6 is 0 Å². The molecule has 0 bridgehead atoms. The number of carbonyl (C=O) groups is 1. The monoisotopic (exact) mass is 322 g/mol. The molecule has 0 aliphatic carbocycles. The molecule has 120 valence electrons. The number of anilines is 1. The number of hydrogen-bond acceptors (Lipinski definition) is 4. The van der Waals surface area contributed by atoms with Crippen molar-refractivity contribution in [2.45, 2.75) is 13.0 Å². The first-order valence-corrected chi connectivity index (χ1v) is 7.47. The Balaban J connectivity index is 2.01. The lowest BCUT2D eigenvalue weighted by atomic mass is 9.95. The molecule has 2 aromatic carbocycles. The molecule has 2 heterocycles. The second kappa shape index (κ2) is 5.13. The maximum atomic E-state index is 12.5. The number of aryl methyl sites for hydroxylation is 1. The van der Waals surface area contributed by atoms with Gasteiger partial charge in [-0.2, -0.15) is 0 Å². The highest BCUT2D eigenvalue weighted by Crippen LogP contribution is 2.35. The van der Waals surface area contributed by atoms with Crippen LogP contribution in [0, 0.1) is 6.92 Å². The van der Waals surface area contributed by atoms with Crippen molar-refractivity contribution >= 4 is 22.7 Å². The summed E-state index contributed by atoms with van der Waals surface area (Å²) in [6.45, 7) is 1.93. The Bertz CT molecular complexity index is 1020.